The molecule has 0 radical (unpaired) electrons. The minimum absolute atomic E-state index is 0.267. The van der Waals surface area contributed by atoms with Crippen LogP contribution in [0.5, 0.6) is 0 Å². The maximum Gasteiger partial charge on any atom is 0.0599 e. The summed E-state index contributed by atoms with van der Waals surface area (Å²) in [5.74, 6) is 1.04. The van der Waals surface area contributed by atoms with Gasteiger partial charge >= 0.3 is 0 Å². The first kappa shape index (κ1) is 12.0. The summed E-state index contributed by atoms with van der Waals surface area (Å²) >= 11 is 3.63. The zero-order chi connectivity index (χ0) is 10.2. The van der Waals surface area contributed by atoms with Gasteiger partial charge in [0.2, 0.25) is 0 Å². The molecule has 0 fully saturated rings. The Balaban J connectivity index is 2.25. The van der Waals surface area contributed by atoms with Gasteiger partial charge in [-0.15, -0.1) is 23.1 Å². The molecule has 0 aliphatic rings. The highest BCUT2D eigenvalue weighted by Crippen LogP contribution is 2.24. The SMILES string of the molecule is CCNC(CCO)CSc1cccs1. The Kier molecular flexibility index (Phi) is 6.27. The van der Waals surface area contributed by atoms with E-state index in [0.29, 0.717) is 6.04 Å². The van der Waals surface area contributed by atoms with Crippen molar-refractivity contribution >= 4 is 23.1 Å². The van der Waals surface area contributed by atoms with Gasteiger partial charge in [0, 0.05) is 18.4 Å². The van der Waals surface area contributed by atoms with E-state index in [4.69, 9.17) is 5.11 Å². The Labute approximate surface area is 93.7 Å². The number of thioether (sulfide) groups is 1. The zero-order valence-electron chi connectivity index (χ0n) is 8.40. The van der Waals surface area contributed by atoms with Crippen molar-refractivity contribution in [3.8, 4) is 0 Å². The Morgan fingerprint density at radius 3 is 3.07 bits per heavy atom. The topological polar surface area (TPSA) is 32.3 Å². The summed E-state index contributed by atoms with van der Waals surface area (Å²) in [6.07, 6.45) is 0.839. The summed E-state index contributed by atoms with van der Waals surface area (Å²) in [5, 5.41) is 14.3. The van der Waals surface area contributed by atoms with E-state index in [9.17, 15) is 0 Å². The lowest BCUT2D eigenvalue weighted by Gasteiger charge is -2.15. The molecule has 1 aromatic rings. The molecule has 2 nitrogen and oxygen atoms in total. The first-order chi connectivity index (χ1) is 6.86. The molecule has 0 saturated heterocycles. The number of hydrogen-bond donors (Lipinski definition) is 2. The van der Waals surface area contributed by atoms with Gasteiger partial charge in [0.1, 0.15) is 0 Å². The molecule has 0 aliphatic heterocycles. The van der Waals surface area contributed by atoms with Crippen molar-refractivity contribution in [3.63, 3.8) is 0 Å². The van der Waals surface area contributed by atoms with Gasteiger partial charge in [0.15, 0.2) is 0 Å². The van der Waals surface area contributed by atoms with E-state index in [1.807, 2.05) is 11.8 Å². The Bertz CT molecular complexity index is 220. The molecule has 1 atom stereocenters. The lowest BCUT2D eigenvalue weighted by Crippen LogP contribution is -2.31. The van der Waals surface area contributed by atoms with Crippen LogP contribution in [0.3, 0.4) is 0 Å². The molecule has 2 N–H and O–H groups in total. The van der Waals surface area contributed by atoms with Crippen LogP contribution >= 0.6 is 23.1 Å². The average molecular weight is 231 g/mol. The third-order valence-corrected chi connectivity index (χ3v) is 4.19. The van der Waals surface area contributed by atoms with E-state index >= 15 is 0 Å². The molecule has 0 aliphatic carbocycles. The van der Waals surface area contributed by atoms with Crippen molar-refractivity contribution in [1.82, 2.24) is 5.32 Å². The molecular weight excluding hydrogens is 214 g/mol. The zero-order valence-corrected chi connectivity index (χ0v) is 10.0. The fourth-order valence-electron chi connectivity index (χ4n) is 1.22. The summed E-state index contributed by atoms with van der Waals surface area (Å²) in [6, 6.07) is 4.63. The maximum absolute atomic E-state index is 8.87. The number of rotatable bonds is 7. The lowest BCUT2D eigenvalue weighted by molar-refractivity contribution is 0.271. The highest BCUT2D eigenvalue weighted by atomic mass is 32.2. The summed E-state index contributed by atoms with van der Waals surface area (Å²) in [4.78, 5) is 0. The number of aliphatic hydroxyl groups is 1. The predicted octanol–water partition coefficient (Wildman–Crippen LogP) is 2.20. The molecule has 1 unspecified atom stereocenters. The Morgan fingerprint density at radius 1 is 1.64 bits per heavy atom. The van der Waals surface area contributed by atoms with E-state index in [2.05, 4.69) is 29.8 Å². The van der Waals surface area contributed by atoms with Gasteiger partial charge < -0.3 is 10.4 Å². The smallest absolute Gasteiger partial charge is 0.0599 e. The monoisotopic (exact) mass is 231 g/mol. The van der Waals surface area contributed by atoms with Gasteiger partial charge in [0.25, 0.3) is 0 Å². The van der Waals surface area contributed by atoms with Crippen molar-refractivity contribution in [2.24, 2.45) is 0 Å². The largest absolute Gasteiger partial charge is 0.396 e. The molecule has 1 rings (SSSR count). The predicted molar refractivity (Wildman–Crippen MR) is 64.2 cm³/mol. The fourth-order valence-corrected chi connectivity index (χ4v) is 3.13. The van der Waals surface area contributed by atoms with E-state index in [0.717, 1.165) is 18.7 Å². The molecule has 0 spiro atoms. The Hall–Kier alpha value is -0.0300. The van der Waals surface area contributed by atoms with Gasteiger partial charge in [0.05, 0.1) is 4.21 Å². The van der Waals surface area contributed by atoms with Crippen LogP contribution in [0.4, 0.5) is 0 Å². The molecule has 0 bridgehead atoms. The normalized spacial score (nSPS) is 13.0. The first-order valence-corrected chi connectivity index (χ1v) is 6.74. The van der Waals surface area contributed by atoms with Gasteiger partial charge in [-0.3, -0.25) is 0 Å². The molecule has 4 heteroatoms. The molecule has 1 heterocycles. The van der Waals surface area contributed by atoms with Crippen LogP contribution in [-0.4, -0.2) is 30.1 Å². The van der Waals surface area contributed by atoms with Crippen molar-refractivity contribution < 1.29 is 5.11 Å². The highest BCUT2D eigenvalue weighted by molar-refractivity contribution is 8.01. The minimum Gasteiger partial charge on any atom is -0.396 e. The van der Waals surface area contributed by atoms with Crippen LogP contribution in [-0.2, 0) is 0 Å². The van der Waals surface area contributed by atoms with Gasteiger partial charge in [-0.2, -0.15) is 0 Å². The quantitative estimate of drug-likeness (QED) is 0.706. The minimum atomic E-state index is 0.267. The molecule has 14 heavy (non-hydrogen) atoms. The van der Waals surface area contributed by atoms with Crippen LogP contribution in [0.2, 0.25) is 0 Å². The summed E-state index contributed by atoms with van der Waals surface area (Å²) < 4.78 is 1.35. The molecule has 0 aromatic carbocycles. The maximum atomic E-state index is 8.87. The Morgan fingerprint density at radius 2 is 2.50 bits per heavy atom. The molecular formula is C10H17NOS2. The molecule has 0 amide bonds. The lowest BCUT2D eigenvalue weighted by atomic mass is 10.2. The van der Waals surface area contributed by atoms with Crippen molar-refractivity contribution in [2.75, 3.05) is 18.9 Å². The third kappa shape index (κ3) is 4.46. The van der Waals surface area contributed by atoms with Crippen molar-refractivity contribution in [1.29, 1.82) is 0 Å². The second-order valence-corrected chi connectivity index (χ2v) is 5.28. The molecule has 1 aromatic heterocycles. The van der Waals surface area contributed by atoms with Crippen LogP contribution < -0.4 is 5.32 Å². The summed E-state index contributed by atoms with van der Waals surface area (Å²) in [6.45, 7) is 3.33. The second-order valence-electron chi connectivity index (χ2n) is 3.01. The number of aliphatic hydroxyl groups excluding tert-OH is 1. The van der Waals surface area contributed by atoms with Crippen LogP contribution in [0.1, 0.15) is 13.3 Å². The highest BCUT2D eigenvalue weighted by Gasteiger charge is 2.07. The fraction of sp³-hybridized carbons (Fsp3) is 0.600. The van der Waals surface area contributed by atoms with E-state index < -0.39 is 0 Å². The van der Waals surface area contributed by atoms with E-state index in [1.165, 1.54) is 4.21 Å². The molecule has 80 valence electrons. The summed E-state index contributed by atoms with van der Waals surface area (Å²) in [7, 11) is 0. The third-order valence-electron chi connectivity index (χ3n) is 1.89. The number of nitrogens with one attached hydrogen (secondary N) is 1. The van der Waals surface area contributed by atoms with Gasteiger partial charge in [-0.25, -0.2) is 0 Å². The van der Waals surface area contributed by atoms with Crippen LogP contribution in [0.25, 0.3) is 0 Å². The molecule has 0 saturated carbocycles. The van der Waals surface area contributed by atoms with Crippen LogP contribution in [0.15, 0.2) is 21.7 Å². The van der Waals surface area contributed by atoms with Gasteiger partial charge in [-0.1, -0.05) is 13.0 Å². The van der Waals surface area contributed by atoms with Crippen LogP contribution in [0, 0.1) is 0 Å². The summed E-state index contributed by atoms with van der Waals surface area (Å²) in [5.41, 5.74) is 0. The van der Waals surface area contributed by atoms with Crippen molar-refractivity contribution in [2.45, 2.75) is 23.6 Å². The van der Waals surface area contributed by atoms with E-state index in [-0.39, 0.29) is 6.61 Å². The average Bonchev–Trinajstić information content (AvgIpc) is 2.67. The van der Waals surface area contributed by atoms with Crippen molar-refractivity contribution in [3.05, 3.63) is 17.5 Å². The first-order valence-electron chi connectivity index (χ1n) is 4.87. The van der Waals surface area contributed by atoms with E-state index in [1.54, 1.807) is 11.3 Å². The number of hydrogen-bond acceptors (Lipinski definition) is 4. The standard InChI is InChI=1S/C10H17NOS2/c1-2-11-9(5-6-12)8-14-10-4-3-7-13-10/h3-4,7,9,11-12H,2,5-6,8H2,1H3. The number of thiophene rings is 1. The van der Waals surface area contributed by atoms with Gasteiger partial charge in [-0.05, 0) is 24.4 Å². The second kappa shape index (κ2) is 7.29.